The Kier molecular flexibility index (Phi) is 3.38. The van der Waals surface area contributed by atoms with Crippen molar-refractivity contribution in [3.8, 4) is 0 Å². The highest BCUT2D eigenvalue weighted by Gasteiger charge is 2.23. The van der Waals surface area contributed by atoms with Crippen LogP contribution in [0, 0.1) is 0 Å². The topological polar surface area (TPSA) is 89.8 Å². The molecule has 0 spiro atoms. The highest BCUT2D eigenvalue weighted by atomic mass is 79.9. The Morgan fingerprint density at radius 3 is 2.79 bits per heavy atom. The van der Waals surface area contributed by atoms with E-state index in [2.05, 4.69) is 36.5 Å². The molecular weight excluding hydrogens is 332 g/mol. The lowest BCUT2D eigenvalue weighted by molar-refractivity contribution is -0.117. The maximum atomic E-state index is 12.0. The molecule has 4 N–H and O–H groups in total. The van der Waals surface area contributed by atoms with Crippen molar-refractivity contribution in [2.45, 2.75) is 6.04 Å². The van der Waals surface area contributed by atoms with Gasteiger partial charge in [0.05, 0.1) is 22.8 Å². The van der Waals surface area contributed by atoms with Crippen LogP contribution in [0.25, 0.3) is 11.0 Å². The quantitative estimate of drug-likeness (QED) is 0.660. The van der Waals surface area contributed by atoms with E-state index in [1.54, 1.807) is 23.9 Å². The molecule has 8 heteroatoms. The van der Waals surface area contributed by atoms with Crippen molar-refractivity contribution >= 4 is 50.3 Å². The first-order chi connectivity index (χ1) is 9.13. The Bertz CT molecular complexity index is 690. The smallest absolute Gasteiger partial charge is 0.323 e. The SMILES string of the molecule is O=C(Nc1cc2[nH]c(=O)[nH]c2cc1Br)C1CSCN1. The number of carbonyl (C=O) groups is 1. The van der Waals surface area contributed by atoms with Crippen LogP contribution in [0.1, 0.15) is 0 Å². The summed E-state index contributed by atoms with van der Waals surface area (Å²) in [6.45, 7) is 0. The summed E-state index contributed by atoms with van der Waals surface area (Å²) in [5.41, 5.74) is 1.74. The van der Waals surface area contributed by atoms with Crippen molar-refractivity contribution in [3.05, 3.63) is 27.1 Å². The van der Waals surface area contributed by atoms with Gasteiger partial charge >= 0.3 is 5.69 Å². The molecule has 19 heavy (non-hydrogen) atoms. The average Bonchev–Trinajstić information content (AvgIpc) is 2.97. The third kappa shape index (κ3) is 2.56. The molecule has 0 aliphatic carbocycles. The lowest BCUT2D eigenvalue weighted by atomic mass is 10.2. The first-order valence-corrected chi connectivity index (χ1v) is 7.62. The van der Waals surface area contributed by atoms with Crippen molar-refractivity contribution in [3.63, 3.8) is 0 Å². The number of thioether (sulfide) groups is 1. The standard InChI is InChI=1S/C11H11BrN4O2S/c12-5-1-7-8(16-11(18)15-7)2-6(5)14-10(17)9-3-19-4-13-9/h1-2,9,13H,3-4H2,(H,14,17)(H2,15,16,18). The number of carbonyl (C=O) groups excluding carboxylic acids is 1. The Morgan fingerprint density at radius 1 is 1.37 bits per heavy atom. The van der Waals surface area contributed by atoms with Crippen molar-refractivity contribution in [1.29, 1.82) is 0 Å². The molecule has 0 radical (unpaired) electrons. The number of hydrogen-bond acceptors (Lipinski definition) is 4. The fraction of sp³-hybridized carbons (Fsp3) is 0.273. The third-order valence-corrected chi connectivity index (χ3v) is 4.49. The third-order valence-electron chi connectivity index (χ3n) is 2.89. The molecule has 2 heterocycles. The lowest BCUT2D eigenvalue weighted by Gasteiger charge is -2.11. The minimum absolute atomic E-state index is 0.0667. The van der Waals surface area contributed by atoms with Gasteiger partial charge in [0.25, 0.3) is 0 Å². The fourth-order valence-corrected chi connectivity index (χ4v) is 3.32. The molecular formula is C11H11BrN4O2S. The normalized spacial score (nSPS) is 18.9. The molecule has 1 fully saturated rings. The van der Waals surface area contributed by atoms with Crippen LogP contribution in [-0.2, 0) is 4.79 Å². The van der Waals surface area contributed by atoms with Crippen molar-refractivity contribution in [2.75, 3.05) is 16.9 Å². The molecule has 1 aromatic carbocycles. The monoisotopic (exact) mass is 342 g/mol. The van der Waals surface area contributed by atoms with Crippen LogP contribution in [0.15, 0.2) is 21.4 Å². The van der Waals surface area contributed by atoms with Gasteiger partial charge in [-0.3, -0.25) is 10.1 Å². The van der Waals surface area contributed by atoms with Crippen molar-refractivity contribution < 1.29 is 4.79 Å². The molecule has 1 aromatic heterocycles. The van der Waals surface area contributed by atoms with E-state index in [0.29, 0.717) is 16.7 Å². The number of anilines is 1. The van der Waals surface area contributed by atoms with Crippen molar-refractivity contribution in [2.24, 2.45) is 0 Å². The molecule has 1 aliphatic rings. The molecule has 0 bridgehead atoms. The molecule has 0 saturated carbocycles. The molecule has 6 nitrogen and oxygen atoms in total. The van der Waals surface area contributed by atoms with Crippen LogP contribution in [0.5, 0.6) is 0 Å². The van der Waals surface area contributed by atoms with Gasteiger partial charge in [-0.1, -0.05) is 0 Å². The summed E-state index contributed by atoms with van der Waals surface area (Å²) in [7, 11) is 0. The number of amides is 1. The summed E-state index contributed by atoms with van der Waals surface area (Å²) in [6.07, 6.45) is 0. The maximum Gasteiger partial charge on any atom is 0.323 e. The highest BCUT2D eigenvalue weighted by Crippen LogP contribution is 2.26. The van der Waals surface area contributed by atoms with Gasteiger partial charge in [0.1, 0.15) is 0 Å². The molecule has 2 aromatic rings. The molecule has 1 atom stereocenters. The summed E-state index contributed by atoms with van der Waals surface area (Å²) in [5, 5.41) is 5.96. The van der Waals surface area contributed by atoms with Crippen molar-refractivity contribution in [1.82, 2.24) is 15.3 Å². The first kappa shape index (κ1) is 12.8. The number of nitrogens with one attached hydrogen (secondary N) is 4. The molecule has 3 rings (SSSR count). The van der Waals surface area contributed by atoms with Crippen LogP contribution in [0.4, 0.5) is 5.69 Å². The van der Waals surface area contributed by atoms with E-state index >= 15 is 0 Å². The number of halogens is 1. The lowest BCUT2D eigenvalue weighted by Crippen LogP contribution is -2.37. The van der Waals surface area contributed by atoms with Gasteiger partial charge in [0, 0.05) is 16.1 Å². The largest absolute Gasteiger partial charge is 0.324 e. The zero-order chi connectivity index (χ0) is 13.4. The fourth-order valence-electron chi connectivity index (χ4n) is 1.94. The van der Waals surface area contributed by atoms with E-state index in [-0.39, 0.29) is 17.6 Å². The van der Waals surface area contributed by atoms with Crippen LogP contribution >= 0.6 is 27.7 Å². The number of rotatable bonds is 2. The summed E-state index contributed by atoms with van der Waals surface area (Å²) in [4.78, 5) is 28.6. The Hall–Kier alpha value is -1.25. The van der Waals surface area contributed by atoms with Gasteiger partial charge in [-0.25, -0.2) is 4.79 Å². The Balaban J connectivity index is 1.89. The molecule has 1 unspecified atom stereocenters. The number of aromatic amines is 2. The van der Waals surface area contributed by atoms with Gasteiger partial charge < -0.3 is 15.3 Å². The van der Waals surface area contributed by atoms with Gasteiger partial charge in [0.15, 0.2) is 0 Å². The van der Waals surface area contributed by atoms with Gasteiger partial charge in [-0.15, -0.1) is 11.8 Å². The number of H-pyrrole nitrogens is 2. The zero-order valence-electron chi connectivity index (χ0n) is 9.75. The number of aromatic nitrogens is 2. The van der Waals surface area contributed by atoms with Crippen LogP contribution in [0.3, 0.4) is 0 Å². The molecule has 1 amide bonds. The minimum Gasteiger partial charge on any atom is -0.324 e. The predicted octanol–water partition coefficient (Wildman–Crippen LogP) is 1.22. The van der Waals surface area contributed by atoms with Crippen LogP contribution in [-0.4, -0.2) is 33.5 Å². The number of hydrogen-bond donors (Lipinski definition) is 4. The van der Waals surface area contributed by atoms with E-state index in [0.717, 1.165) is 16.1 Å². The second-order valence-electron chi connectivity index (χ2n) is 4.22. The van der Waals surface area contributed by atoms with E-state index in [1.165, 1.54) is 0 Å². The highest BCUT2D eigenvalue weighted by molar-refractivity contribution is 9.10. The Morgan fingerprint density at radius 2 is 2.11 bits per heavy atom. The summed E-state index contributed by atoms with van der Waals surface area (Å²) in [5.74, 6) is 1.50. The van der Waals surface area contributed by atoms with Gasteiger partial charge in [0.2, 0.25) is 5.91 Å². The maximum absolute atomic E-state index is 12.0. The van der Waals surface area contributed by atoms with Gasteiger partial charge in [-0.05, 0) is 28.1 Å². The second-order valence-corrected chi connectivity index (χ2v) is 6.10. The number of fused-ring (bicyclic) bond motifs is 1. The zero-order valence-corrected chi connectivity index (χ0v) is 12.2. The first-order valence-electron chi connectivity index (χ1n) is 5.67. The molecule has 1 aliphatic heterocycles. The predicted molar refractivity (Wildman–Crippen MR) is 79.5 cm³/mol. The summed E-state index contributed by atoms with van der Waals surface area (Å²) >= 11 is 5.08. The van der Waals surface area contributed by atoms with Crippen LogP contribution < -0.4 is 16.3 Å². The molecule has 1 saturated heterocycles. The number of imidazole rings is 1. The van der Waals surface area contributed by atoms with E-state index in [1.807, 2.05) is 0 Å². The number of benzene rings is 1. The van der Waals surface area contributed by atoms with E-state index < -0.39 is 0 Å². The second kappa shape index (κ2) is 5.03. The molecule has 100 valence electrons. The van der Waals surface area contributed by atoms with Crippen LogP contribution in [0.2, 0.25) is 0 Å². The van der Waals surface area contributed by atoms with E-state index in [9.17, 15) is 9.59 Å². The average molecular weight is 343 g/mol. The summed E-state index contributed by atoms with van der Waals surface area (Å²) in [6, 6.07) is 3.33. The van der Waals surface area contributed by atoms with Gasteiger partial charge in [-0.2, -0.15) is 0 Å². The minimum atomic E-state index is -0.265. The summed E-state index contributed by atoms with van der Waals surface area (Å²) < 4.78 is 0.731. The Labute approximate surface area is 120 Å². The van der Waals surface area contributed by atoms with E-state index in [4.69, 9.17) is 0 Å².